The Bertz CT molecular complexity index is 1060. The molecule has 4 heterocycles. The topological polar surface area (TPSA) is 32.3 Å². The van der Waals surface area contributed by atoms with E-state index in [1.165, 1.54) is 24.2 Å². The van der Waals surface area contributed by atoms with Crippen molar-refractivity contribution in [2.75, 3.05) is 36.0 Å². The third kappa shape index (κ3) is 3.86. The third-order valence-electron chi connectivity index (χ3n) is 6.23. The first-order valence-corrected chi connectivity index (χ1v) is 11.1. The molecule has 2 aromatic heterocycles. The minimum absolute atomic E-state index is 0.359. The molecule has 0 amide bonds. The summed E-state index contributed by atoms with van der Waals surface area (Å²) in [7, 11) is 0. The number of halogens is 2. The second-order valence-corrected chi connectivity index (χ2v) is 9.47. The molecule has 1 spiro atoms. The van der Waals surface area contributed by atoms with Crippen LogP contribution in [0.25, 0.3) is 11.3 Å². The number of aryl methyl sites for hydroxylation is 1. The molecule has 154 valence electrons. The van der Waals surface area contributed by atoms with E-state index in [1.54, 1.807) is 6.07 Å². The summed E-state index contributed by atoms with van der Waals surface area (Å²) < 4.78 is 0. The minimum Gasteiger partial charge on any atom is -0.371 e. The first-order chi connectivity index (χ1) is 14.5. The highest BCUT2D eigenvalue weighted by Crippen LogP contribution is 2.42. The second-order valence-electron chi connectivity index (χ2n) is 8.59. The molecule has 0 N–H and O–H groups in total. The molecule has 3 aromatic rings. The average molecular weight is 439 g/mol. The Morgan fingerprint density at radius 3 is 2.23 bits per heavy atom. The molecular weight excluding hydrogens is 415 g/mol. The lowest BCUT2D eigenvalue weighted by atomic mass is 9.73. The highest BCUT2D eigenvalue weighted by Gasteiger charge is 2.45. The van der Waals surface area contributed by atoms with Crippen LogP contribution >= 0.6 is 23.2 Å². The van der Waals surface area contributed by atoms with Crippen LogP contribution in [0.3, 0.4) is 0 Å². The van der Waals surface area contributed by atoms with E-state index < -0.39 is 0 Å². The van der Waals surface area contributed by atoms with E-state index in [-0.39, 0.29) is 0 Å². The van der Waals surface area contributed by atoms with E-state index in [0.717, 1.165) is 43.1 Å². The molecule has 6 heteroatoms. The number of anilines is 2. The Hall–Kier alpha value is -2.30. The van der Waals surface area contributed by atoms with Gasteiger partial charge >= 0.3 is 0 Å². The van der Waals surface area contributed by atoms with Crippen LogP contribution in [0.1, 0.15) is 18.5 Å². The number of aromatic nitrogens is 2. The molecule has 2 fully saturated rings. The van der Waals surface area contributed by atoms with Crippen molar-refractivity contribution in [2.45, 2.75) is 19.8 Å². The number of nitrogens with zero attached hydrogens (tertiary/aromatic N) is 4. The first-order valence-electron chi connectivity index (χ1n) is 10.3. The summed E-state index contributed by atoms with van der Waals surface area (Å²) in [6.07, 6.45) is 6.28. The largest absolute Gasteiger partial charge is 0.371 e. The fourth-order valence-corrected chi connectivity index (χ4v) is 5.36. The van der Waals surface area contributed by atoms with Crippen LogP contribution in [0.5, 0.6) is 0 Å². The summed E-state index contributed by atoms with van der Waals surface area (Å²) in [4.78, 5) is 13.9. The lowest BCUT2D eigenvalue weighted by Crippen LogP contribution is -2.63. The van der Waals surface area contributed by atoms with Crippen LogP contribution in [0.4, 0.5) is 11.4 Å². The number of rotatable bonds is 3. The van der Waals surface area contributed by atoms with E-state index in [1.807, 2.05) is 24.5 Å². The van der Waals surface area contributed by atoms with Gasteiger partial charge in [0.25, 0.3) is 0 Å². The minimum atomic E-state index is 0.359. The summed E-state index contributed by atoms with van der Waals surface area (Å²) in [5.41, 5.74) is 5.79. The summed E-state index contributed by atoms with van der Waals surface area (Å²) in [6, 6.07) is 14.1. The molecule has 0 bridgehead atoms. The molecule has 0 aliphatic carbocycles. The lowest BCUT2D eigenvalue weighted by molar-refractivity contribution is 0.174. The van der Waals surface area contributed by atoms with Gasteiger partial charge in [0.1, 0.15) is 0 Å². The van der Waals surface area contributed by atoms with Gasteiger partial charge in [0.2, 0.25) is 0 Å². The van der Waals surface area contributed by atoms with Gasteiger partial charge in [-0.2, -0.15) is 0 Å². The molecule has 4 nitrogen and oxygen atoms in total. The maximum absolute atomic E-state index is 6.20. The standard InChI is InChI=1S/C24H24Cl2N4/c1-17-9-21(3-6-27-17)30-15-24(16-30)5-2-8-29(14-24)22-4-7-28-23(13-22)18-10-19(25)12-20(26)11-18/h3-4,6-7,9-13H,2,5,8,14-16H2,1H3. The fourth-order valence-electron chi connectivity index (χ4n) is 4.84. The average Bonchev–Trinajstić information content (AvgIpc) is 2.71. The zero-order valence-corrected chi connectivity index (χ0v) is 18.5. The van der Waals surface area contributed by atoms with Crippen molar-refractivity contribution in [3.05, 3.63) is 70.6 Å². The third-order valence-corrected chi connectivity index (χ3v) is 6.66. The van der Waals surface area contributed by atoms with Crippen LogP contribution in [0.15, 0.2) is 54.9 Å². The van der Waals surface area contributed by atoms with Crippen LogP contribution < -0.4 is 9.80 Å². The summed E-state index contributed by atoms with van der Waals surface area (Å²) in [5, 5.41) is 1.25. The predicted molar refractivity (Wildman–Crippen MR) is 125 cm³/mol. The van der Waals surface area contributed by atoms with Gasteiger partial charge in [0.15, 0.2) is 0 Å². The molecule has 0 saturated carbocycles. The van der Waals surface area contributed by atoms with Crippen LogP contribution in [0.2, 0.25) is 10.0 Å². The van der Waals surface area contributed by atoms with Crippen LogP contribution in [-0.4, -0.2) is 36.1 Å². The van der Waals surface area contributed by atoms with Crippen molar-refractivity contribution in [3.8, 4) is 11.3 Å². The molecule has 0 atom stereocenters. The Labute approximate surface area is 187 Å². The summed E-state index contributed by atoms with van der Waals surface area (Å²) in [5.74, 6) is 0. The maximum Gasteiger partial charge on any atom is 0.0723 e. The molecule has 0 radical (unpaired) electrons. The van der Waals surface area contributed by atoms with Gasteiger partial charge in [-0.3, -0.25) is 9.97 Å². The number of hydrogen-bond acceptors (Lipinski definition) is 4. The Kier molecular flexibility index (Phi) is 5.08. The maximum atomic E-state index is 6.20. The number of hydrogen-bond donors (Lipinski definition) is 0. The molecule has 2 aliphatic heterocycles. The second kappa shape index (κ2) is 7.75. The van der Waals surface area contributed by atoms with Gasteiger partial charge < -0.3 is 9.80 Å². The Balaban J connectivity index is 1.33. The highest BCUT2D eigenvalue weighted by atomic mass is 35.5. The smallest absolute Gasteiger partial charge is 0.0723 e. The Morgan fingerprint density at radius 1 is 0.833 bits per heavy atom. The quantitative estimate of drug-likeness (QED) is 0.511. The van der Waals surface area contributed by atoms with Crippen molar-refractivity contribution < 1.29 is 0 Å². The van der Waals surface area contributed by atoms with Crippen molar-refractivity contribution in [1.29, 1.82) is 0 Å². The van der Waals surface area contributed by atoms with Gasteiger partial charge in [-0.1, -0.05) is 23.2 Å². The van der Waals surface area contributed by atoms with E-state index in [0.29, 0.717) is 15.5 Å². The van der Waals surface area contributed by atoms with E-state index in [9.17, 15) is 0 Å². The zero-order chi connectivity index (χ0) is 20.7. The first kappa shape index (κ1) is 19.7. The van der Waals surface area contributed by atoms with Gasteiger partial charge in [0.05, 0.1) is 5.69 Å². The van der Waals surface area contributed by atoms with E-state index in [2.05, 4.69) is 51.0 Å². The number of pyridine rings is 2. The van der Waals surface area contributed by atoms with E-state index >= 15 is 0 Å². The number of benzene rings is 1. The van der Waals surface area contributed by atoms with Crippen molar-refractivity contribution in [2.24, 2.45) is 5.41 Å². The normalized spacial score (nSPS) is 17.8. The number of piperidine rings is 1. The van der Waals surface area contributed by atoms with Gasteiger partial charge in [-0.05, 0) is 62.2 Å². The monoisotopic (exact) mass is 438 g/mol. The van der Waals surface area contributed by atoms with Crippen LogP contribution in [0, 0.1) is 12.3 Å². The van der Waals surface area contributed by atoms with Gasteiger partial charge in [0, 0.05) is 76.7 Å². The molecule has 2 saturated heterocycles. The van der Waals surface area contributed by atoms with Crippen molar-refractivity contribution in [3.63, 3.8) is 0 Å². The Morgan fingerprint density at radius 2 is 1.50 bits per heavy atom. The molecule has 1 aromatic carbocycles. The van der Waals surface area contributed by atoms with Crippen molar-refractivity contribution >= 4 is 34.6 Å². The van der Waals surface area contributed by atoms with Crippen molar-refractivity contribution in [1.82, 2.24) is 9.97 Å². The van der Waals surface area contributed by atoms with Crippen LogP contribution in [-0.2, 0) is 0 Å². The van der Waals surface area contributed by atoms with Gasteiger partial charge in [-0.15, -0.1) is 0 Å². The molecule has 30 heavy (non-hydrogen) atoms. The summed E-state index contributed by atoms with van der Waals surface area (Å²) >= 11 is 12.4. The van der Waals surface area contributed by atoms with Gasteiger partial charge in [-0.25, -0.2) is 0 Å². The molecule has 2 aliphatic rings. The lowest BCUT2D eigenvalue weighted by Gasteiger charge is -2.56. The zero-order valence-electron chi connectivity index (χ0n) is 17.0. The fraction of sp³-hybridized carbons (Fsp3) is 0.333. The molecule has 0 unspecified atom stereocenters. The highest BCUT2D eigenvalue weighted by molar-refractivity contribution is 6.35. The van der Waals surface area contributed by atoms with E-state index in [4.69, 9.17) is 23.2 Å². The summed E-state index contributed by atoms with van der Waals surface area (Å²) in [6.45, 7) is 6.42. The molecule has 5 rings (SSSR count). The SMILES string of the molecule is Cc1cc(N2CC3(CCCN(c4ccnc(-c5cc(Cl)cc(Cl)c5)c4)C3)C2)ccn1. The molecular formula is C24H24Cl2N4. The predicted octanol–water partition coefficient (Wildman–Crippen LogP) is 5.87.